The number of halogens is 4. The van der Waals surface area contributed by atoms with Gasteiger partial charge in [0.25, 0.3) is 10.9 Å². The number of rotatable bonds is 0. The van der Waals surface area contributed by atoms with Crippen LogP contribution in [0, 0.1) is 0 Å². The molecule has 1 heterocycles. The molecule has 0 amide bonds. The molecule has 0 aromatic heterocycles. The van der Waals surface area contributed by atoms with Gasteiger partial charge in [-0.25, -0.2) is 0 Å². The monoisotopic (exact) mass is 288 g/mol. The fraction of sp³-hybridized carbons (Fsp3) is 0.0909. The standard InChI is InChI=1S/C11H4ClF3N2O2/c12-4-1-3(11(13,14)15)2-5-6(4)17-8-7(16-5)9(18)10(8)19/h1-2,16-17H. The van der Waals surface area contributed by atoms with E-state index in [1.807, 2.05) is 0 Å². The molecule has 0 unspecified atom stereocenters. The topological polar surface area (TPSA) is 58.2 Å². The van der Waals surface area contributed by atoms with Crippen LogP contribution in [0.25, 0.3) is 0 Å². The van der Waals surface area contributed by atoms with Crippen LogP contribution in [-0.4, -0.2) is 0 Å². The lowest BCUT2D eigenvalue weighted by Gasteiger charge is -2.25. The second kappa shape index (κ2) is 3.51. The van der Waals surface area contributed by atoms with Gasteiger partial charge in [0.1, 0.15) is 11.4 Å². The van der Waals surface area contributed by atoms with Gasteiger partial charge >= 0.3 is 6.18 Å². The molecule has 2 N–H and O–H groups in total. The lowest BCUT2D eigenvalue weighted by molar-refractivity contribution is -0.137. The van der Waals surface area contributed by atoms with Gasteiger partial charge in [0, 0.05) is 0 Å². The highest BCUT2D eigenvalue weighted by atomic mass is 35.5. The smallest absolute Gasteiger partial charge is 0.349 e. The van der Waals surface area contributed by atoms with E-state index in [9.17, 15) is 22.8 Å². The minimum atomic E-state index is -4.55. The van der Waals surface area contributed by atoms with Crippen molar-refractivity contribution in [2.24, 2.45) is 0 Å². The molecule has 2 aromatic carbocycles. The third-order valence-electron chi connectivity index (χ3n) is 2.84. The zero-order chi connectivity index (χ0) is 13.9. The first-order valence-electron chi connectivity index (χ1n) is 5.07. The molecule has 2 aromatic rings. The van der Waals surface area contributed by atoms with Gasteiger partial charge in [0.2, 0.25) is 0 Å². The van der Waals surface area contributed by atoms with Gasteiger partial charge in [-0.15, -0.1) is 0 Å². The van der Waals surface area contributed by atoms with Gasteiger partial charge in [-0.05, 0) is 12.1 Å². The number of nitrogens with one attached hydrogen (secondary N) is 2. The Bertz CT molecular complexity index is 775. The van der Waals surface area contributed by atoms with Crippen LogP contribution in [0.15, 0.2) is 21.7 Å². The second-order valence-corrected chi connectivity index (χ2v) is 4.44. The Morgan fingerprint density at radius 3 is 2.11 bits per heavy atom. The van der Waals surface area contributed by atoms with Gasteiger partial charge in [0.05, 0.1) is 22.0 Å². The van der Waals surface area contributed by atoms with Gasteiger partial charge in [-0.3, -0.25) is 9.59 Å². The summed E-state index contributed by atoms with van der Waals surface area (Å²) in [6.45, 7) is 0. The van der Waals surface area contributed by atoms with Crippen molar-refractivity contribution in [2.45, 2.75) is 6.18 Å². The van der Waals surface area contributed by atoms with Crippen molar-refractivity contribution in [3.63, 3.8) is 0 Å². The number of benzene rings is 1. The first kappa shape index (κ1) is 12.0. The molecule has 4 nitrogen and oxygen atoms in total. The van der Waals surface area contributed by atoms with Crippen LogP contribution in [-0.2, 0) is 6.18 Å². The van der Waals surface area contributed by atoms with Crippen molar-refractivity contribution in [3.05, 3.63) is 43.2 Å². The van der Waals surface area contributed by atoms with Gasteiger partial charge < -0.3 is 10.6 Å². The maximum absolute atomic E-state index is 12.6. The van der Waals surface area contributed by atoms with E-state index in [1.165, 1.54) is 0 Å². The van der Waals surface area contributed by atoms with Crippen molar-refractivity contribution in [1.82, 2.24) is 0 Å². The third-order valence-corrected chi connectivity index (χ3v) is 3.14. The lowest BCUT2D eigenvalue weighted by atomic mass is 10.1. The maximum atomic E-state index is 12.6. The number of anilines is 4. The van der Waals surface area contributed by atoms with E-state index in [2.05, 4.69) is 10.6 Å². The summed E-state index contributed by atoms with van der Waals surface area (Å²) < 4.78 is 37.9. The van der Waals surface area contributed by atoms with E-state index in [0.717, 1.165) is 12.1 Å². The summed E-state index contributed by atoms with van der Waals surface area (Å²) in [5.41, 5.74) is -2.26. The minimum Gasteiger partial charge on any atom is -0.349 e. The second-order valence-electron chi connectivity index (χ2n) is 4.04. The molecular weight excluding hydrogens is 285 g/mol. The largest absolute Gasteiger partial charge is 0.416 e. The predicted molar refractivity (Wildman–Crippen MR) is 64.4 cm³/mol. The Balaban J connectivity index is 2.14. The summed E-state index contributed by atoms with van der Waals surface area (Å²) in [6, 6.07) is 1.58. The summed E-state index contributed by atoms with van der Waals surface area (Å²) in [5.74, 6) is 0. The quantitative estimate of drug-likeness (QED) is 0.625. The molecule has 19 heavy (non-hydrogen) atoms. The third kappa shape index (κ3) is 1.61. The Morgan fingerprint density at radius 2 is 1.53 bits per heavy atom. The van der Waals surface area contributed by atoms with Crippen LogP contribution in [0.4, 0.5) is 35.9 Å². The predicted octanol–water partition coefficient (Wildman–Crippen LogP) is 2.76. The number of alkyl halides is 3. The maximum Gasteiger partial charge on any atom is 0.416 e. The SMILES string of the molecule is O=c1c2c(c1=O)Nc1c(Cl)cc(C(F)(F)F)cc1N2. The summed E-state index contributed by atoms with van der Waals surface area (Å²) >= 11 is 5.75. The fourth-order valence-electron chi connectivity index (χ4n) is 1.89. The zero-order valence-electron chi connectivity index (χ0n) is 8.98. The Kier molecular flexibility index (Phi) is 2.22. The number of hydrogen-bond acceptors (Lipinski definition) is 4. The molecule has 1 aliphatic rings. The Labute approximate surface area is 108 Å². The van der Waals surface area contributed by atoms with Crippen molar-refractivity contribution >= 4 is 34.4 Å². The molecule has 1 aliphatic heterocycles. The van der Waals surface area contributed by atoms with Gasteiger partial charge in [-0.1, -0.05) is 11.6 Å². The first-order valence-corrected chi connectivity index (χ1v) is 5.45. The minimum absolute atomic E-state index is 0.0134. The average molecular weight is 289 g/mol. The molecule has 0 saturated heterocycles. The highest BCUT2D eigenvalue weighted by Gasteiger charge is 2.34. The summed E-state index contributed by atoms with van der Waals surface area (Å²) in [5, 5.41) is 4.88. The van der Waals surface area contributed by atoms with E-state index >= 15 is 0 Å². The van der Waals surface area contributed by atoms with E-state index in [1.54, 1.807) is 0 Å². The molecule has 8 heteroatoms. The molecule has 0 atom stereocenters. The number of fused-ring (bicyclic) bond motifs is 2. The average Bonchev–Trinajstić information content (AvgIpc) is 2.35. The Morgan fingerprint density at radius 1 is 0.947 bits per heavy atom. The van der Waals surface area contributed by atoms with Crippen LogP contribution in [0.5, 0.6) is 0 Å². The lowest BCUT2D eigenvalue weighted by Crippen LogP contribution is -2.37. The summed E-state index contributed by atoms with van der Waals surface area (Å²) in [4.78, 5) is 22.4. The van der Waals surface area contributed by atoms with Gasteiger partial charge in [-0.2, -0.15) is 13.2 Å². The highest BCUT2D eigenvalue weighted by Crippen LogP contribution is 2.44. The van der Waals surface area contributed by atoms with Crippen molar-refractivity contribution in [3.8, 4) is 0 Å². The van der Waals surface area contributed by atoms with E-state index in [0.29, 0.717) is 0 Å². The molecular formula is C11H4ClF3N2O2. The number of hydrogen-bond donors (Lipinski definition) is 2. The van der Waals surface area contributed by atoms with Gasteiger partial charge in [0.15, 0.2) is 0 Å². The van der Waals surface area contributed by atoms with Crippen LogP contribution < -0.4 is 21.5 Å². The van der Waals surface area contributed by atoms with Crippen molar-refractivity contribution in [2.75, 3.05) is 10.6 Å². The highest BCUT2D eigenvalue weighted by molar-refractivity contribution is 6.34. The van der Waals surface area contributed by atoms with Crippen molar-refractivity contribution in [1.29, 1.82) is 0 Å². The molecule has 0 radical (unpaired) electrons. The first-order chi connectivity index (χ1) is 8.79. The molecule has 0 bridgehead atoms. The van der Waals surface area contributed by atoms with E-state index in [-0.39, 0.29) is 27.8 Å². The van der Waals surface area contributed by atoms with Crippen LogP contribution in [0.1, 0.15) is 5.56 Å². The fourth-order valence-corrected chi connectivity index (χ4v) is 2.15. The summed E-state index contributed by atoms with van der Waals surface area (Å²) in [7, 11) is 0. The van der Waals surface area contributed by atoms with Crippen LogP contribution in [0.2, 0.25) is 5.02 Å². The van der Waals surface area contributed by atoms with E-state index in [4.69, 9.17) is 11.6 Å². The van der Waals surface area contributed by atoms with Crippen LogP contribution in [0.3, 0.4) is 0 Å². The van der Waals surface area contributed by atoms with Crippen LogP contribution >= 0.6 is 11.6 Å². The zero-order valence-corrected chi connectivity index (χ0v) is 9.74. The molecule has 3 rings (SSSR count). The molecule has 0 aliphatic carbocycles. The molecule has 0 fully saturated rings. The summed E-state index contributed by atoms with van der Waals surface area (Å²) in [6.07, 6.45) is -4.55. The normalized spacial score (nSPS) is 13.5. The Hall–Kier alpha value is -2.02. The van der Waals surface area contributed by atoms with Crippen molar-refractivity contribution < 1.29 is 13.2 Å². The molecule has 0 spiro atoms. The molecule has 0 saturated carbocycles. The molecule has 98 valence electrons. The van der Waals surface area contributed by atoms with E-state index < -0.39 is 22.6 Å².